The number of fused-ring (bicyclic) bond motifs is 1. The van der Waals surface area contributed by atoms with Crippen LogP contribution in [0.2, 0.25) is 5.02 Å². The fourth-order valence-electron chi connectivity index (χ4n) is 2.23. The number of halogens is 1. The summed E-state index contributed by atoms with van der Waals surface area (Å²) in [6, 6.07) is 13.7. The number of pyridine rings is 1. The molecule has 0 saturated carbocycles. The second kappa shape index (κ2) is 6.70. The molecule has 0 aliphatic carbocycles. The smallest absolute Gasteiger partial charge is 0.264 e. The van der Waals surface area contributed by atoms with E-state index in [4.69, 9.17) is 16.3 Å². The minimum absolute atomic E-state index is 0.105. The third-order valence-corrected chi connectivity index (χ3v) is 4.17. The number of benzene rings is 2. The Hall–Kier alpha value is -2.64. The van der Waals surface area contributed by atoms with Gasteiger partial charge in [-0.1, -0.05) is 29.8 Å². The van der Waals surface area contributed by atoms with Crippen LogP contribution in [0.4, 0.5) is 0 Å². The first kappa shape index (κ1) is 17.2. The molecular formula is C17H13ClN2O4S. The van der Waals surface area contributed by atoms with E-state index in [0.717, 1.165) is 17.0 Å². The first-order valence-corrected chi connectivity index (χ1v) is 9.44. The van der Waals surface area contributed by atoms with Gasteiger partial charge < -0.3 is 4.74 Å². The van der Waals surface area contributed by atoms with Gasteiger partial charge in [-0.3, -0.25) is 4.79 Å². The van der Waals surface area contributed by atoms with Gasteiger partial charge in [0.2, 0.25) is 15.9 Å². The average Bonchev–Trinajstić information content (AvgIpc) is 2.55. The van der Waals surface area contributed by atoms with Crippen molar-refractivity contribution in [1.82, 2.24) is 9.71 Å². The van der Waals surface area contributed by atoms with Gasteiger partial charge in [-0.15, -0.1) is 0 Å². The minimum atomic E-state index is -3.65. The van der Waals surface area contributed by atoms with Crippen LogP contribution in [0.3, 0.4) is 0 Å². The van der Waals surface area contributed by atoms with Gasteiger partial charge in [0, 0.05) is 17.1 Å². The number of carbonyl (C=O) groups excluding carboxylic acids is 1. The summed E-state index contributed by atoms with van der Waals surface area (Å²) >= 11 is 6.16. The third kappa shape index (κ3) is 4.07. The van der Waals surface area contributed by atoms with Gasteiger partial charge in [-0.05, 0) is 35.7 Å². The molecule has 1 aromatic heterocycles. The molecule has 1 N–H and O–H groups in total. The molecule has 128 valence electrons. The highest BCUT2D eigenvalue weighted by molar-refractivity contribution is 7.89. The molecule has 0 aliphatic rings. The monoisotopic (exact) mass is 376 g/mol. The summed E-state index contributed by atoms with van der Waals surface area (Å²) in [5.74, 6) is -0.0750. The zero-order valence-corrected chi connectivity index (χ0v) is 14.6. The lowest BCUT2D eigenvalue weighted by atomic mass is 10.2. The molecule has 1 amide bonds. The number of nitrogens with zero attached hydrogens (tertiary/aromatic N) is 1. The quantitative estimate of drug-likeness (QED) is 0.754. The number of sulfonamides is 1. The van der Waals surface area contributed by atoms with Gasteiger partial charge in [0.15, 0.2) is 0 Å². The molecule has 0 unspecified atom stereocenters. The van der Waals surface area contributed by atoms with Crippen molar-refractivity contribution in [3.8, 4) is 11.6 Å². The van der Waals surface area contributed by atoms with Crippen LogP contribution in [0.5, 0.6) is 11.6 Å². The molecular weight excluding hydrogens is 364 g/mol. The number of amides is 1. The Morgan fingerprint density at radius 1 is 1.16 bits per heavy atom. The van der Waals surface area contributed by atoms with Gasteiger partial charge in [-0.2, -0.15) is 0 Å². The molecule has 1 heterocycles. The summed E-state index contributed by atoms with van der Waals surface area (Å²) in [5, 5.41) is 1.95. The van der Waals surface area contributed by atoms with Crippen LogP contribution in [0, 0.1) is 0 Å². The molecule has 3 rings (SSSR count). The summed E-state index contributed by atoms with van der Waals surface area (Å²) < 4.78 is 29.9. The standard InChI is InChI=1S/C17H13ClN2O4S/c1-25(22,23)20-16(21)12-6-7-15(14(18)10-12)24-17-13-5-3-2-4-11(13)8-9-19-17/h2-10H,1H3,(H,20,21). The topological polar surface area (TPSA) is 85.4 Å². The highest BCUT2D eigenvalue weighted by Gasteiger charge is 2.14. The van der Waals surface area contributed by atoms with Gasteiger partial charge >= 0.3 is 0 Å². The van der Waals surface area contributed by atoms with Crippen molar-refractivity contribution in [2.75, 3.05) is 6.26 Å². The van der Waals surface area contributed by atoms with E-state index in [9.17, 15) is 13.2 Å². The Bertz CT molecular complexity index is 1060. The highest BCUT2D eigenvalue weighted by Crippen LogP contribution is 2.32. The summed E-state index contributed by atoms with van der Waals surface area (Å²) in [6.07, 6.45) is 2.52. The fraction of sp³-hybridized carbons (Fsp3) is 0.0588. The molecule has 0 bridgehead atoms. The lowest BCUT2D eigenvalue weighted by Crippen LogP contribution is -2.29. The minimum Gasteiger partial charge on any atom is -0.437 e. The molecule has 0 atom stereocenters. The van der Waals surface area contributed by atoms with E-state index in [1.807, 2.05) is 35.1 Å². The molecule has 0 radical (unpaired) electrons. The Morgan fingerprint density at radius 3 is 2.64 bits per heavy atom. The molecule has 2 aromatic carbocycles. The Balaban J connectivity index is 1.90. The van der Waals surface area contributed by atoms with E-state index >= 15 is 0 Å². The van der Waals surface area contributed by atoms with Crippen molar-refractivity contribution in [2.45, 2.75) is 0 Å². The van der Waals surface area contributed by atoms with Crippen LogP contribution in [0.1, 0.15) is 10.4 Å². The molecule has 8 heteroatoms. The molecule has 0 aliphatic heterocycles. The molecule has 0 fully saturated rings. The summed E-state index contributed by atoms with van der Waals surface area (Å²) in [6.45, 7) is 0. The maximum atomic E-state index is 11.9. The fourth-order valence-corrected chi connectivity index (χ4v) is 2.90. The van der Waals surface area contributed by atoms with Crippen LogP contribution >= 0.6 is 11.6 Å². The zero-order chi connectivity index (χ0) is 18.0. The van der Waals surface area contributed by atoms with E-state index in [0.29, 0.717) is 11.6 Å². The van der Waals surface area contributed by atoms with Crippen LogP contribution in [-0.2, 0) is 10.0 Å². The second-order valence-electron chi connectivity index (χ2n) is 5.29. The summed E-state index contributed by atoms with van der Waals surface area (Å²) in [7, 11) is -3.65. The van der Waals surface area contributed by atoms with Gasteiger partial charge in [0.1, 0.15) is 5.75 Å². The van der Waals surface area contributed by atoms with Crippen molar-refractivity contribution < 1.29 is 17.9 Å². The van der Waals surface area contributed by atoms with E-state index in [2.05, 4.69) is 4.98 Å². The largest absolute Gasteiger partial charge is 0.437 e. The Labute approximate surface area is 149 Å². The lowest BCUT2D eigenvalue weighted by Gasteiger charge is -2.10. The summed E-state index contributed by atoms with van der Waals surface area (Å²) in [5.41, 5.74) is 0.105. The second-order valence-corrected chi connectivity index (χ2v) is 7.44. The number of hydrogen-bond donors (Lipinski definition) is 1. The molecule has 25 heavy (non-hydrogen) atoms. The van der Waals surface area contributed by atoms with E-state index in [-0.39, 0.29) is 10.6 Å². The maximum absolute atomic E-state index is 11.9. The van der Waals surface area contributed by atoms with Crippen molar-refractivity contribution in [1.29, 1.82) is 0 Å². The number of ether oxygens (including phenoxy) is 1. The van der Waals surface area contributed by atoms with Crippen molar-refractivity contribution in [3.63, 3.8) is 0 Å². The first-order valence-electron chi connectivity index (χ1n) is 7.17. The van der Waals surface area contributed by atoms with E-state index in [1.165, 1.54) is 18.2 Å². The zero-order valence-electron chi connectivity index (χ0n) is 13.1. The molecule has 6 nitrogen and oxygen atoms in total. The number of carbonyl (C=O) groups is 1. The third-order valence-electron chi connectivity index (χ3n) is 3.32. The van der Waals surface area contributed by atoms with Crippen molar-refractivity contribution >= 4 is 38.3 Å². The highest BCUT2D eigenvalue weighted by atomic mass is 35.5. The normalized spacial score (nSPS) is 11.3. The predicted molar refractivity (Wildman–Crippen MR) is 95.6 cm³/mol. The van der Waals surface area contributed by atoms with Crippen LogP contribution in [-0.4, -0.2) is 25.6 Å². The maximum Gasteiger partial charge on any atom is 0.264 e. The molecule has 3 aromatic rings. The summed E-state index contributed by atoms with van der Waals surface area (Å²) in [4.78, 5) is 16.1. The average molecular weight is 377 g/mol. The molecule has 0 spiro atoms. The number of aromatic nitrogens is 1. The van der Waals surface area contributed by atoms with Crippen LogP contribution in [0.25, 0.3) is 10.8 Å². The lowest BCUT2D eigenvalue weighted by molar-refractivity contribution is 0.0981. The van der Waals surface area contributed by atoms with Crippen LogP contribution < -0.4 is 9.46 Å². The predicted octanol–water partition coefficient (Wildman–Crippen LogP) is 3.37. The molecule has 0 saturated heterocycles. The van der Waals surface area contributed by atoms with Crippen LogP contribution in [0.15, 0.2) is 54.7 Å². The number of hydrogen-bond acceptors (Lipinski definition) is 5. The van der Waals surface area contributed by atoms with Crippen molar-refractivity contribution in [2.24, 2.45) is 0 Å². The van der Waals surface area contributed by atoms with E-state index < -0.39 is 15.9 Å². The number of rotatable bonds is 4. The Morgan fingerprint density at radius 2 is 1.92 bits per heavy atom. The van der Waals surface area contributed by atoms with Gasteiger partial charge in [0.25, 0.3) is 5.91 Å². The van der Waals surface area contributed by atoms with E-state index in [1.54, 1.807) is 6.20 Å². The van der Waals surface area contributed by atoms with Gasteiger partial charge in [0.05, 0.1) is 11.3 Å². The Kier molecular flexibility index (Phi) is 4.61. The van der Waals surface area contributed by atoms with Crippen molar-refractivity contribution in [3.05, 3.63) is 65.3 Å². The SMILES string of the molecule is CS(=O)(=O)NC(=O)c1ccc(Oc2nccc3ccccc23)c(Cl)c1. The first-order chi connectivity index (χ1) is 11.8. The number of nitrogens with one attached hydrogen (secondary N) is 1. The van der Waals surface area contributed by atoms with Gasteiger partial charge in [-0.25, -0.2) is 18.1 Å².